The lowest BCUT2D eigenvalue weighted by molar-refractivity contribution is -0.141. The highest BCUT2D eigenvalue weighted by atomic mass is 16.5. The summed E-state index contributed by atoms with van der Waals surface area (Å²) in [5, 5.41) is 0. The summed E-state index contributed by atoms with van der Waals surface area (Å²) in [6.45, 7) is 8.93. The Hall–Kier alpha value is -2.09. The largest absolute Gasteiger partial charge is 0.461 e. The molecule has 0 fully saturated rings. The molecule has 25 heavy (non-hydrogen) atoms. The summed E-state index contributed by atoms with van der Waals surface area (Å²) in [4.78, 5) is 11.8. The minimum atomic E-state index is -0.176. The molecular weight excluding hydrogens is 308 g/mol. The van der Waals surface area contributed by atoms with Crippen LogP contribution in [0.15, 0.2) is 65.3 Å². The lowest BCUT2D eigenvalue weighted by Crippen LogP contribution is -2.08. The second-order valence-corrected chi connectivity index (χ2v) is 6.81. The summed E-state index contributed by atoms with van der Waals surface area (Å²) in [5.74, 6) is -0.176. The van der Waals surface area contributed by atoms with Crippen molar-refractivity contribution < 1.29 is 9.53 Å². The van der Waals surface area contributed by atoms with Crippen molar-refractivity contribution in [2.24, 2.45) is 0 Å². The quantitative estimate of drug-likeness (QED) is 0.375. The average Bonchev–Trinajstić information content (AvgIpc) is 2.55. The molecule has 0 radical (unpaired) electrons. The summed E-state index contributed by atoms with van der Waals surface area (Å²) >= 11 is 0. The molecule has 1 aromatic carbocycles. The zero-order valence-electron chi connectivity index (χ0n) is 16.2. The molecule has 0 aliphatic carbocycles. The lowest BCUT2D eigenvalue weighted by Gasteiger charge is -2.04. The van der Waals surface area contributed by atoms with E-state index in [4.69, 9.17) is 4.74 Å². The van der Waals surface area contributed by atoms with Crippen LogP contribution in [0.25, 0.3) is 0 Å². The number of carbonyl (C=O) groups is 1. The third kappa shape index (κ3) is 11.1. The van der Waals surface area contributed by atoms with Gasteiger partial charge in [0.15, 0.2) is 0 Å². The summed E-state index contributed by atoms with van der Waals surface area (Å²) in [7, 11) is 0. The van der Waals surface area contributed by atoms with Crippen molar-refractivity contribution in [3.8, 4) is 0 Å². The third-order valence-electron chi connectivity index (χ3n) is 3.99. The predicted molar refractivity (Wildman–Crippen MR) is 107 cm³/mol. The van der Waals surface area contributed by atoms with Gasteiger partial charge in [-0.05, 0) is 65.0 Å². The molecule has 136 valence electrons. The van der Waals surface area contributed by atoms with E-state index in [2.05, 4.69) is 39.8 Å². The number of allylic oxidation sites excluding steroid dienone is 5. The second-order valence-electron chi connectivity index (χ2n) is 6.81. The van der Waals surface area contributed by atoms with Crippen LogP contribution >= 0.6 is 0 Å². The molecule has 0 saturated heterocycles. The zero-order valence-corrected chi connectivity index (χ0v) is 16.2. The van der Waals surface area contributed by atoms with Gasteiger partial charge in [0.25, 0.3) is 0 Å². The fourth-order valence-electron chi connectivity index (χ4n) is 2.43. The maximum Gasteiger partial charge on any atom is 0.310 e. The maximum absolute atomic E-state index is 11.8. The number of benzene rings is 1. The standard InChI is InChI=1S/C23H32O2/c1-19(2)10-8-11-20(3)12-9-13-21(4)16-17-25-23(24)18-22-14-6-5-7-15-22/h5-7,10,12,14-16H,8-9,11,13,17-18H2,1-4H3. The number of hydrogen-bond acceptors (Lipinski definition) is 2. The fraction of sp³-hybridized carbons (Fsp3) is 0.435. The summed E-state index contributed by atoms with van der Waals surface area (Å²) in [6.07, 6.45) is 11.2. The van der Waals surface area contributed by atoms with Gasteiger partial charge in [0.1, 0.15) is 6.61 Å². The van der Waals surface area contributed by atoms with E-state index in [9.17, 15) is 4.79 Å². The first-order chi connectivity index (χ1) is 12.0. The van der Waals surface area contributed by atoms with E-state index < -0.39 is 0 Å². The Bertz CT molecular complexity index is 602. The van der Waals surface area contributed by atoms with Crippen LogP contribution in [0.1, 0.15) is 58.9 Å². The topological polar surface area (TPSA) is 26.3 Å². The molecule has 1 aromatic rings. The highest BCUT2D eigenvalue weighted by Crippen LogP contribution is 2.11. The molecule has 2 heteroatoms. The molecule has 1 rings (SSSR count). The van der Waals surface area contributed by atoms with Crippen LogP contribution < -0.4 is 0 Å². The van der Waals surface area contributed by atoms with Crippen LogP contribution in [0.2, 0.25) is 0 Å². The number of ether oxygens (including phenoxy) is 1. The Morgan fingerprint density at radius 3 is 2.12 bits per heavy atom. The van der Waals surface area contributed by atoms with Gasteiger partial charge in [0.05, 0.1) is 6.42 Å². The number of rotatable bonds is 10. The van der Waals surface area contributed by atoms with Crippen LogP contribution in [0.5, 0.6) is 0 Å². The lowest BCUT2D eigenvalue weighted by atomic mass is 10.1. The Balaban J connectivity index is 2.22. The SMILES string of the molecule is CC(C)=CCCC(C)=CCCC(C)=CCOC(=O)Cc1ccccc1. The van der Waals surface area contributed by atoms with Crippen molar-refractivity contribution in [2.45, 2.75) is 59.8 Å². The Morgan fingerprint density at radius 1 is 0.880 bits per heavy atom. The van der Waals surface area contributed by atoms with Gasteiger partial charge in [-0.25, -0.2) is 0 Å². The number of esters is 1. The van der Waals surface area contributed by atoms with Crippen LogP contribution in [0.4, 0.5) is 0 Å². The van der Waals surface area contributed by atoms with E-state index in [0.717, 1.165) is 31.2 Å². The van der Waals surface area contributed by atoms with E-state index in [1.165, 1.54) is 16.7 Å². The van der Waals surface area contributed by atoms with Gasteiger partial charge in [-0.3, -0.25) is 4.79 Å². The molecule has 2 nitrogen and oxygen atoms in total. The third-order valence-corrected chi connectivity index (χ3v) is 3.99. The van der Waals surface area contributed by atoms with Crippen LogP contribution in [-0.2, 0) is 16.0 Å². The molecule has 0 heterocycles. The molecule has 0 aromatic heterocycles. The summed E-state index contributed by atoms with van der Waals surface area (Å²) in [6, 6.07) is 9.69. The fourth-order valence-corrected chi connectivity index (χ4v) is 2.43. The number of carbonyl (C=O) groups excluding carboxylic acids is 1. The minimum absolute atomic E-state index is 0.176. The predicted octanol–water partition coefficient (Wildman–Crippen LogP) is 6.19. The molecular formula is C23H32O2. The van der Waals surface area contributed by atoms with Gasteiger partial charge < -0.3 is 4.74 Å². The second kappa shape index (κ2) is 12.3. The maximum atomic E-state index is 11.8. The van der Waals surface area contributed by atoms with Crippen LogP contribution in [-0.4, -0.2) is 12.6 Å². The van der Waals surface area contributed by atoms with Gasteiger partial charge in [0.2, 0.25) is 0 Å². The zero-order chi connectivity index (χ0) is 18.5. The minimum Gasteiger partial charge on any atom is -0.461 e. The number of hydrogen-bond donors (Lipinski definition) is 0. The van der Waals surface area contributed by atoms with Crippen molar-refractivity contribution in [2.75, 3.05) is 6.61 Å². The first-order valence-corrected chi connectivity index (χ1v) is 9.11. The van der Waals surface area contributed by atoms with E-state index >= 15 is 0 Å². The molecule has 0 unspecified atom stereocenters. The molecule has 0 aliphatic rings. The molecule has 0 spiro atoms. The van der Waals surface area contributed by atoms with Crippen molar-refractivity contribution in [1.82, 2.24) is 0 Å². The highest BCUT2D eigenvalue weighted by Gasteiger charge is 2.03. The molecule has 0 aliphatic heterocycles. The van der Waals surface area contributed by atoms with Gasteiger partial charge in [-0.15, -0.1) is 0 Å². The van der Waals surface area contributed by atoms with Gasteiger partial charge >= 0.3 is 5.97 Å². The summed E-state index contributed by atoms with van der Waals surface area (Å²) < 4.78 is 5.28. The van der Waals surface area contributed by atoms with E-state index in [0.29, 0.717) is 13.0 Å². The van der Waals surface area contributed by atoms with Gasteiger partial charge in [0, 0.05) is 0 Å². The Labute approximate surface area is 153 Å². The molecule has 0 N–H and O–H groups in total. The molecule has 0 bridgehead atoms. The van der Waals surface area contributed by atoms with Crippen molar-refractivity contribution in [3.63, 3.8) is 0 Å². The van der Waals surface area contributed by atoms with Gasteiger partial charge in [-0.2, -0.15) is 0 Å². The van der Waals surface area contributed by atoms with Gasteiger partial charge in [-0.1, -0.05) is 59.2 Å². The van der Waals surface area contributed by atoms with Crippen LogP contribution in [0.3, 0.4) is 0 Å². The molecule has 0 amide bonds. The highest BCUT2D eigenvalue weighted by molar-refractivity contribution is 5.72. The molecule has 0 saturated carbocycles. The van der Waals surface area contributed by atoms with E-state index in [1.807, 2.05) is 36.4 Å². The van der Waals surface area contributed by atoms with Crippen LogP contribution in [0, 0.1) is 0 Å². The Kier molecular flexibility index (Phi) is 10.3. The first kappa shape index (κ1) is 21.0. The van der Waals surface area contributed by atoms with Crippen molar-refractivity contribution >= 4 is 5.97 Å². The normalized spacial score (nSPS) is 12.0. The van der Waals surface area contributed by atoms with E-state index in [1.54, 1.807) is 0 Å². The van der Waals surface area contributed by atoms with E-state index in [-0.39, 0.29) is 5.97 Å². The first-order valence-electron chi connectivity index (χ1n) is 9.11. The summed E-state index contributed by atoms with van der Waals surface area (Å²) in [5.41, 5.74) is 5.08. The molecule has 0 atom stereocenters. The average molecular weight is 341 g/mol. The monoisotopic (exact) mass is 340 g/mol. The van der Waals surface area contributed by atoms with Crippen molar-refractivity contribution in [3.05, 3.63) is 70.8 Å². The smallest absolute Gasteiger partial charge is 0.310 e. The van der Waals surface area contributed by atoms with Crippen molar-refractivity contribution in [1.29, 1.82) is 0 Å². The Morgan fingerprint density at radius 2 is 1.48 bits per heavy atom.